The number of methoxy groups -OCH3 is 1. The quantitative estimate of drug-likeness (QED) is 0.857. The molecular weight excluding hydrogens is 228 g/mol. The molecule has 3 N–H and O–H groups in total. The molecule has 0 aromatic heterocycles. The van der Waals surface area contributed by atoms with E-state index in [4.69, 9.17) is 10.5 Å². The Balaban J connectivity index is 2.32. The van der Waals surface area contributed by atoms with Gasteiger partial charge in [0.2, 0.25) is 0 Å². The van der Waals surface area contributed by atoms with Crippen LogP contribution in [0.2, 0.25) is 0 Å². The van der Waals surface area contributed by atoms with Crippen molar-refractivity contribution in [3.8, 4) is 5.75 Å². The Kier molecular flexibility index (Phi) is 4.09. The number of hydrogen-bond donors (Lipinski definition) is 2. The molecule has 1 aromatic carbocycles. The summed E-state index contributed by atoms with van der Waals surface area (Å²) in [6.45, 7) is 3.71. The van der Waals surface area contributed by atoms with Crippen molar-refractivity contribution in [3.05, 3.63) is 23.8 Å². The Morgan fingerprint density at radius 3 is 2.61 bits per heavy atom. The molecule has 0 bridgehead atoms. The second-order valence-electron chi connectivity index (χ2n) is 4.90. The highest BCUT2D eigenvalue weighted by Crippen LogP contribution is 2.34. The zero-order valence-electron chi connectivity index (χ0n) is 11.1. The molecule has 0 aliphatic carbocycles. The summed E-state index contributed by atoms with van der Waals surface area (Å²) in [4.78, 5) is 2.29. The Hall–Kier alpha value is -1.26. The van der Waals surface area contributed by atoms with Crippen molar-refractivity contribution in [1.82, 2.24) is 0 Å². The second kappa shape index (κ2) is 5.59. The van der Waals surface area contributed by atoms with E-state index in [-0.39, 0.29) is 12.1 Å². The zero-order chi connectivity index (χ0) is 13.1. The molecule has 0 radical (unpaired) electrons. The van der Waals surface area contributed by atoms with Crippen LogP contribution >= 0.6 is 0 Å². The molecule has 4 nitrogen and oxygen atoms in total. The fourth-order valence-electron chi connectivity index (χ4n) is 2.55. The van der Waals surface area contributed by atoms with Crippen LogP contribution < -0.4 is 15.4 Å². The molecule has 1 aromatic rings. The van der Waals surface area contributed by atoms with E-state index < -0.39 is 0 Å². The van der Waals surface area contributed by atoms with Crippen LogP contribution in [0.25, 0.3) is 0 Å². The number of piperidine rings is 1. The monoisotopic (exact) mass is 250 g/mol. The summed E-state index contributed by atoms with van der Waals surface area (Å²) in [5, 5.41) is 9.58. The fourth-order valence-corrected chi connectivity index (χ4v) is 2.55. The first-order valence-electron chi connectivity index (χ1n) is 6.49. The lowest BCUT2D eigenvalue weighted by Gasteiger charge is -2.34. The summed E-state index contributed by atoms with van der Waals surface area (Å²) in [6, 6.07) is 5.95. The van der Waals surface area contributed by atoms with E-state index in [1.165, 1.54) is 0 Å². The van der Waals surface area contributed by atoms with Gasteiger partial charge in [0, 0.05) is 30.4 Å². The lowest BCUT2D eigenvalue weighted by Crippen LogP contribution is -2.36. The largest absolute Gasteiger partial charge is 0.496 e. The number of hydrogen-bond acceptors (Lipinski definition) is 4. The average molecular weight is 250 g/mol. The SMILES string of the molecule is COc1cccc(N2CCC(O)CC2)c1[C@@H](C)N. The predicted molar refractivity (Wildman–Crippen MR) is 73.1 cm³/mol. The molecule has 1 aliphatic heterocycles. The molecule has 1 fully saturated rings. The van der Waals surface area contributed by atoms with Crippen LogP contribution in [0.1, 0.15) is 31.4 Å². The van der Waals surface area contributed by atoms with Crippen LogP contribution in [0.5, 0.6) is 5.75 Å². The maximum absolute atomic E-state index is 9.58. The molecule has 0 unspecified atom stereocenters. The van der Waals surface area contributed by atoms with E-state index >= 15 is 0 Å². The normalized spacial score (nSPS) is 18.8. The van der Waals surface area contributed by atoms with Crippen molar-refractivity contribution in [1.29, 1.82) is 0 Å². The van der Waals surface area contributed by atoms with E-state index in [9.17, 15) is 5.11 Å². The number of aliphatic hydroxyl groups excluding tert-OH is 1. The van der Waals surface area contributed by atoms with Gasteiger partial charge in [-0.1, -0.05) is 6.07 Å². The van der Waals surface area contributed by atoms with Crippen molar-refractivity contribution < 1.29 is 9.84 Å². The molecule has 1 saturated heterocycles. The molecule has 2 rings (SSSR count). The highest BCUT2D eigenvalue weighted by atomic mass is 16.5. The van der Waals surface area contributed by atoms with Gasteiger partial charge in [-0.25, -0.2) is 0 Å². The van der Waals surface area contributed by atoms with Gasteiger partial charge < -0.3 is 20.5 Å². The molecule has 1 atom stereocenters. The van der Waals surface area contributed by atoms with Crippen LogP contribution in [0, 0.1) is 0 Å². The van der Waals surface area contributed by atoms with Gasteiger partial charge in [0.1, 0.15) is 5.75 Å². The van der Waals surface area contributed by atoms with Crippen LogP contribution in [0.4, 0.5) is 5.69 Å². The number of ether oxygens (including phenoxy) is 1. The lowest BCUT2D eigenvalue weighted by molar-refractivity contribution is 0.145. The fraction of sp³-hybridized carbons (Fsp3) is 0.571. The molecule has 4 heteroatoms. The number of rotatable bonds is 3. The summed E-state index contributed by atoms with van der Waals surface area (Å²) in [6.07, 6.45) is 1.47. The number of benzene rings is 1. The Morgan fingerprint density at radius 1 is 1.39 bits per heavy atom. The van der Waals surface area contributed by atoms with Gasteiger partial charge in [0.25, 0.3) is 0 Å². The van der Waals surface area contributed by atoms with Gasteiger partial charge >= 0.3 is 0 Å². The molecule has 0 amide bonds. The van der Waals surface area contributed by atoms with Gasteiger partial charge in [0.15, 0.2) is 0 Å². The van der Waals surface area contributed by atoms with E-state index in [0.29, 0.717) is 0 Å². The third kappa shape index (κ3) is 2.60. The van der Waals surface area contributed by atoms with Crippen LogP contribution in [-0.4, -0.2) is 31.4 Å². The maximum Gasteiger partial charge on any atom is 0.125 e. The third-order valence-electron chi connectivity index (χ3n) is 3.52. The lowest BCUT2D eigenvalue weighted by atomic mass is 10.0. The third-order valence-corrected chi connectivity index (χ3v) is 3.52. The van der Waals surface area contributed by atoms with E-state index in [2.05, 4.69) is 11.0 Å². The minimum Gasteiger partial charge on any atom is -0.496 e. The van der Waals surface area contributed by atoms with Crippen molar-refractivity contribution in [2.45, 2.75) is 31.9 Å². The summed E-state index contributed by atoms with van der Waals surface area (Å²) in [5.41, 5.74) is 8.26. The molecular formula is C14H22N2O2. The van der Waals surface area contributed by atoms with Gasteiger partial charge in [-0.3, -0.25) is 0 Å². The molecule has 0 spiro atoms. The van der Waals surface area contributed by atoms with Crippen molar-refractivity contribution in [2.24, 2.45) is 5.73 Å². The molecule has 100 valence electrons. The highest BCUT2D eigenvalue weighted by Gasteiger charge is 2.22. The zero-order valence-corrected chi connectivity index (χ0v) is 11.1. The predicted octanol–water partition coefficient (Wildman–Crippen LogP) is 1.68. The summed E-state index contributed by atoms with van der Waals surface area (Å²) in [7, 11) is 1.67. The summed E-state index contributed by atoms with van der Waals surface area (Å²) in [5.74, 6) is 0.841. The first-order chi connectivity index (χ1) is 8.63. The molecule has 18 heavy (non-hydrogen) atoms. The molecule has 1 heterocycles. The van der Waals surface area contributed by atoms with Gasteiger partial charge in [-0.15, -0.1) is 0 Å². The highest BCUT2D eigenvalue weighted by molar-refractivity contribution is 5.61. The maximum atomic E-state index is 9.58. The Labute approximate surface area is 108 Å². The van der Waals surface area contributed by atoms with E-state index in [1.807, 2.05) is 19.1 Å². The molecule has 1 aliphatic rings. The molecule has 0 saturated carbocycles. The number of nitrogens with two attached hydrogens (primary N) is 1. The van der Waals surface area contributed by atoms with Gasteiger partial charge in [-0.05, 0) is 31.9 Å². The number of aliphatic hydroxyl groups is 1. The van der Waals surface area contributed by atoms with Crippen LogP contribution in [0.3, 0.4) is 0 Å². The Bertz CT molecular complexity index is 399. The second-order valence-corrected chi connectivity index (χ2v) is 4.90. The summed E-state index contributed by atoms with van der Waals surface area (Å²) >= 11 is 0. The Morgan fingerprint density at radius 2 is 2.06 bits per heavy atom. The van der Waals surface area contributed by atoms with E-state index in [1.54, 1.807) is 7.11 Å². The minimum absolute atomic E-state index is 0.0667. The smallest absolute Gasteiger partial charge is 0.125 e. The van der Waals surface area contributed by atoms with Gasteiger partial charge in [0.05, 0.1) is 13.2 Å². The van der Waals surface area contributed by atoms with Crippen molar-refractivity contribution in [2.75, 3.05) is 25.1 Å². The first kappa shape index (κ1) is 13.2. The van der Waals surface area contributed by atoms with Crippen LogP contribution in [0.15, 0.2) is 18.2 Å². The summed E-state index contributed by atoms with van der Waals surface area (Å²) < 4.78 is 5.40. The first-order valence-corrected chi connectivity index (χ1v) is 6.49. The minimum atomic E-state index is -0.161. The standard InChI is InChI=1S/C14H22N2O2/c1-10(15)14-12(4-3-5-13(14)18-2)16-8-6-11(17)7-9-16/h3-5,10-11,17H,6-9,15H2,1-2H3/t10-/m1/s1. The van der Waals surface area contributed by atoms with Crippen molar-refractivity contribution >= 4 is 5.69 Å². The number of nitrogens with zero attached hydrogens (tertiary/aromatic N) is 1. The van der Waals surface area contributed by atoms with Crippen molar-refractivity contribution in [3.63, 3.8) is 0 Å². The van der Waals surface area contributed by atoms with E-state index in [0.717, 1.165) is 42.9 Å². The number of anilines is 1. The van der Waals surface area contributed by atoms with Crippen LogP contribution in [-0.2, 0) is 0 Å². The van der Waals surface area contributed by atoms with Gasteiger partial charge in [-0.2, -0.15) is 0 Å². The average Bonchev–Trinajstić information content (AvgIpc) is 2.38. The topological polar surface area (TPSA) is 58.7 Å².